The molecule has 1 atom stereocenters. The van der Waals surface area contributed by atoms with Crippen molar-refractivity contribution in [3.63, 3.8) is 0 Å². The van der Waals surface area contributed by atoms with Crippen molar-refractivity contribution in [2.24, 2.45) is 0 Å². The highest BCUT2D eigenvalue weighted by Crippen LogP contribution is 2.03. The fourth-order valence-corrected chi connectivity index (χ4v) is 1.10. The van der Waals surface area contributed by atoms with Crippen LogP contribution in [0, 0.1) is 0 Å². The van der Waals surface area contributed by atoms with E-state index in [0.29, 0.717) is 0 Å². The molecule has 0 bridgehead atoms. The summed E-state index contributed by atoms with van der Waals surface area (Å²) in [5.41, 5.74) is 1.80. The summed E-state index contributed by atoms with van der Waals surface area (Å²) in [6, 6.07) is 3.97. The Morgan fingerprint density at radius 1 is 1.62 bits per heavy atom. The van der Waals surface area contributed by atoms with E-state index in [1.165, 1.54) is 0 Å². The van der Waals surface area contributed by atoms with Gasteiger partial charge in [-0.3, -0.25) is 4.98 Å². The summed E-state index contributed by atoms with van der Waals surface area (Å²) in [4.78, 5) is 6.80. The van der Waals surface area contributed by atoms with Gasteiger partial charge in [-0.2, -0.15) is 0 Å². The molecule has 0 spiro atoms. The number of halogens is 1. The highest BCUT2D eigenvalue weighted by molar-refractivity contribution is 6.13. The average Bonchev–Trinajstić information content (AvgIpc) is 2.19. The van der Waals surface area contributed by atoms with E-state index in [0.717, 1.165) is 17.7 Å². The van der Waals surface area contributed by atoms with Gasteiger partial charge in [0.05, 0.1) is 6.61 Å². The number of aliphatic hydroxyl groups is 1. The lowest BCUT2D eigenvalue weighted by Crippen LogP contribution is -2.19. The van der Waals surface area contributed by atoms with Crippen LogP contribution in [-0.4, -0.2) is 16.1 Å². The van der Waals surface area contributed by atoms with Crippen LogP contribution in [0.3, 0.4) is 0 Å². The second-order valence-corrected chi connectivity index (χ2v) is 3.25. The van der Waals surface area contributed by atoms with Crippen molar-refractivity contribution in [1.82, 2.24) is 9.82 Å². The Bertz CT molecular complexity index is 250. The molecule has 0 aliphatic carbocycles. The normalized spacial score (nSPS) is 12.8. The lowest BCUT2D eigenvalue weighted by Gasteiger charge is -2.07. The van der Waals surface area contributed by atoms with Crippen molar-refractivity contribution in [2.75, 3.05) is 0 Å². The Labute approximate surface area is 82.9 Å². The van der Waals surface area contributed by atoms with Gasteiger partial charge in [0.25, 0.3) is 0 Å². The van der Waals surface area contributed by atoms with Crippen LogP contribution < -0.4 is 4.84 Å². The van der Waals surface area contributed by atoms with E-state index in [4.69, 9.17) is 16.9 Å². The Morgan fingerprint density at radius 3 is 2.85 bits per heavy atom. The van der Waals surface area contributed by atoms with Crippen LogP contribution >= 0.6 is 11.8 Å². The number of hydrogen-bond donors (Lipinski definition) is 2. The minimum Gasteiger partial charge on any atom is -0.392 e. The summed E-state index contributed by atoms with van der Waals surface area (Å²) >= 11 is 5.44. The fourth-order valence-electron chi connectivity index (χ4n) is 1.02. The molecule has 72 valence electrons. The standard InChI is InChI=1S/C9H13ClN2O/c1-7(12-10)4-9-3-2-8(6-13)5-11-9/h2-3,5,7,12-13H,4,6H2,1H3. The van der Waals surface area contributed by atoms with Gasteiger partial charge in [-0.05, 0) is 30.3 Å². The first kappa shape index (κ1) is 10.4. The van der Waals surface area contributed by atoms with Crippen molar-refractivity contribution in [1.29, 1.82) is 0 Å². The van der Waals surface area contributed by atoms with Gasteiger partial charge in [-0.15, -0.1) is 0 Å². The maximum atomic E-state index is 8.78. The molecule has 13 heavy (non-hydrogen) atoms. The monoisotopic (exact) mass is 200 g/mol. The van der Waals surface area contributed by atoms with Crippen LogP contribution in [0.4, 0.5) is 0 Å². The Balaban J connectivity index is 2.58. The molecule has 2 N–H and O–H groups in total. The van der Waals surface area contributed by atoms with Crippen molar-refractivity contribution >= 4 is 11.8 Å². The molecule has 1 aromatic rings. The molecular formula is C9H13ClN2O. The first-order valence-corrected chi connectivity index (χ1v) is 4.55. The van der Waals surface area contributed by atoms with Crippen LogP contribution in [0.2, 0.25) is 0 Å². The molecule has 0 aliphatic heterocycles. The number of hydrogen-bond acceptors (Lipinski definition) is 3. The van der Waals surface area contributed by atoms with E-state index in [1.54, 1.807) is 6.20 Å². The summed E-state index contributed by atoms with van der Waals surface area (Å²) in [5, 5.41) is 8.78. The summed E-state index contributed by atoms with van der Waals surface area (Å²) in [6.45, 7) is 2.02. The molecule has 1 rings (SSSR count). The Kier molecular flexibility index (Phi) is 4.15. The average molecular weight is 201 g/mol. The molecule has 0 aromatic carbocycles. The maximum Gasteiger partial charge on any atom is 0.0696 e. The number of nitrogens with one attached hydrogen (secondary N) is 1. The van der Waals surface area contributed by atoms with Crippen LogP contribution in [0.25, 0.3) is 0 Å². The van der Waals surface area contributed by atoms with Crippen molar-refractivity contribution in [3.05, 3.63) is 29.6 Å². The molecule has 0 amide bonds. The lowest BCUT2D eigenvalue weighted by molar-refractivity contribution is 0.281. The van der Waals surface area contributed by atoms with E-state index in [9.17, 15) is 0 Å². The molecule has 0 fully saturated rings. The zero-order valence-corrected chi connectivity index (χ0v) is 8.25. The van der Waals surface area contributed by atoms with Gasteiger partial charge in [0.1, 0.15) is 0 Å². The second-order valence-electron chi connectivity index (χ2n) is 3.03. The number of rotatable bonds is 4. The van der Waals surface area contributed by atoms with Gasteiger partial charge >= 0.3 is 0 Å². The zero-order chi connectivity index (χ0) is 9.68. The summed E-state index contributed by atoms with van der Waals surface area (Å²) in [5.74, 6) is 0. The molecular weight excluding hydrogens is 188 g/mol. The molecule has 0 saturated heterocycles. The Hall–Kier alpha value is -0.640. The van der Waals surface area contributed by atoms with Gasteiger partial charge in [0.15, 0.2) is 0 Å². The predicted molar refractivity (Wildman–Crippen MR) is 52.3 cm³/mol. The van der Waals surface area contributed by atoms with Crippen LogP contribution in [0.15, 0.2) is 18.3 Å². The first-order chi connectivity index (χ1) is 6.26. The highest BCUT2D eigenvalue weighted by Gasteiger charge is 2.02. The largest absolute Gasteiger partial charge is 0.392 e. The lowest BCUT2D eigenvalue weighted by atomic mass is 10.1. The minimum atomic E-state index is 0.0383. The predicted octanol–water partition coefficient (Wildman–Crippen LogP) is 1.25. The van der Waals surface area contributed by atoms with E-state index >= 15 is 0 Å². The molecule has 1 heterocycles. The number of pyridine rings is 1. The third-order valence-electron chi connectivity index (χ3n) is 1.77. The van der Waals surface area contributed by atoms with Crippen LogP contribution in [0.1, 0.15) is 18.2 Å². The van der Waals surface area contributed by atoms with Gasteiger partial charge in [-0.1, -0.05) is 6.07 Å². The van der Waals surface area contributed by atoms with E-state index in [1.807, 2.05) is 19.1 Å². The molecule has 0 saturated carbocycles. The summed E-state index contributed by atoms with van der Waals surface area (Å²) < 4.78 is 0. The van der Waals surface area contributed by atoms with Gasteiger partial charge in [0.2, 0.25) is 0 Å². The summed E-state index contributed by atoms with van der Waals surface area (Å²) in [6.07, 6.45) is 2.46. The highest BCUT2D eigenvalue weighted by atomic mass is 35.5. The molecule has 0 aliphatic rings. The molecule has 4 heteroatoms. The zero-order valence-electron chi connectivity index (χ0n) is 7.50. The van der Waals surface area contributed by atoms with E-state index in [2.05, 4.69) is 9.82 Å². The molecule has 3 nitrogen and oxygen atoms in total. The summed E-state index contributed by atoms with van der Waals surface area (Å²) in [7, 11) is 0. The van der Waals surface area contributed by atoms with Gasteiger partial charge < -0.3 is 5.11 Å². The fraction of sp³-hybridized carbons (Fsp3) is 0.444. The van der Waals surface area contributed by atoms with Crippen LogP contribution in [-0.2, 0) is 13.0 Å². The molecule has 1 unspecified atom stereocenters. The SMILES string of the molecule is CC(Cc1ccc(CO)cn1)NCl. The van der Waals surface area contributed by atoms with Crippen molar-refractivity contribution in [2.45, 2.75) is 26.0 Å². The number of aliphatic hydroxyl groups excluding tert-OH is 1. The minimum absolute atomic E-state index is 0.0383. The first-order valence-electron chi connectivity index (χ1n) is 4.17. The molecule has 1 aromatic heterocycles. The van der Waals surface area contributed by atoms with E-state index < -0.39 is 0 Å². The number of aromatic nitrogens is 1. The molecule has 0 radical (unpaired) electrons. The van der Waals surface area contributed by atoms with Crippen LogP contribution in [0.5, 0.6) is 0 Å². The smallest absolute Gasteiger partial charge is 0.0696 e. The van der Waals surface area contributed by atoms with E-state index in [-0.39, 0.29) is 12.6 Å². The van der Waals surface area contributed by atoms with Gasteiger partial charge in [-0.25, -0.2) is 4.84 Å². The topological polar surface area (TPSA) is 45.2 Å². The second kappa shape index (κ2) is 5.17. The van der Waals surface area contributed by atoms with Crippen molar-refractivity contribution in [3.8, 4) is 0 Å². The third-order valence-corrected chi connectivity index (χ3v) is 2.14. The maximum absolute atomic E-state index is 8.78. The quantitative estimate of drug-likeness (QED) is 0.720. The third kappa shape index (κ3) is 3.30. The number of nitrogens with zero attached hydrogens (tertiary/aromatic N) is 1. The Morgan fingerprint density at radius 2 is 2.38 bits per heavy atom. The van der Waals surface area contributed by atoms with Gasteiger partial charge in [0, 0.05) is 24.4 Å². The van der Waals surface area contributed by atoms with Crippen molar-refractivity contribution < 1.29 is 5.11 Å².